The zero-order valence-corrected chi connectivity index (χ0v) is 17.5. The van der Waals surface area contributed by atoms with Gasteiger partial charge in [-0.15, -0.1) is 0 Å². The second-order valence-corrected chi connectivity index (χ2v) is 8.76. The average molecular weight is 413 g/mol. The van der Waals surface area contributed by atoms with E-state index in [1.165, 1.54) is 0 Å². The lowest BCUT2D eigenvalue weighted by Crippen LogP contribution is -2.13. The van der Waals surface area contributed by atoms with E-state index in [0.717, 1.165) is 28.9 Å². The van der Waals surface area contributed by atoms with Crippen LogP contribution >= 0.6 is 0 Å². The van der Waals surface area contributed by atoms with Gasteiger partial charge in [0.1, 0.15) is 0 Å². The normalized spacial score (nSPS) is 11.3. The molecule has 0 saturated carbocycles. The van der Waals surface area contributed by atoms with Crippen LogP contribution < -0.4 is 10.0 Å². The van der Waals surface area contributed by atoms with Crippen molar-refractivity contribution in [2.24, 2.45) is 0 Å². The van der Waals surface area contributed by atoms with E-state index in [1.54, 1.807) is 24.3 Å². The first kappa shape index (κ1) is 20.6. The highest BCUT2D eigenvalue weighted by atomic mass is 32.2. The number of nitrogens with zero attached hydrogens (tertiary/aromatic N) is 2. The topological polar surface area (TPSA) is 93.1 Å². The first-order valence-corrected chi connectivity index (χ1v) is 11.1. The van der Waals surface area contributed by atoms with E-state index in [1.807, 2.05) is 48.9 Å². The van der Waals surface area contributed by atoms with E-state index >= 15 is 0 Å². The smallest absolute Gasteiger partial charge is 0.229 e. The Morgan fingerprint density at radius 2 is 1.72 bits per heavy atom. The number of aryl methyl sites for hydroxylation is 3. The number of nitrogens with one attached hydrogen (secondary N) is 2. The molecule has 0 radical (unpaired) electrons. The second-order valence-electron chi connectivity index (χ2n) is 7.01. The molecule has 3 rings (SSSR count). The number of carbonyl (C=O) groups is 1. The Hall–Kier alpha value is -3.13. The van der Waals surface area contributed by atoms with Gasteiger partial charge in [-0.1, -0.05) is 18.2 Å². The molecule has 0 unspecified atom stereocenters. The molecule has 1 amide bonds. The Morgan fingerprint density at radius 1 is 1.03 bits per heavy atom. The van der Waals surface area contributed by atoms with Gasteiger partial charge < -0.3 is 5.32 Å². The minimum absolute atomic E-state index is 0.135. The predicted octanol–water partition coefficient (Wildman–Crippen LogP) is 3.43. The highest BCUT2D eigenvalue weighted by molar-refractivity contribution is 7.92. The van der Waals surface area contributed by atoms with Crippen molar-refractivity contribution in [2.45, 2.75) is 26.7 Å². The maximum Gasteiger partial charge on any atom is 0.229 e. The maximum absolute atomic E-state index is 12.3. The molecule has 1 aromatic heterocycles. The molecule has 2 aromatic carbocycles. The van der Waals surface area contributed by atoms with E-state index in [9.17, 15) is 13.2 Å². The number of anilines is 2. The van der Waals surface area contributed by atoms with Crippen molar-refractivity contribution in [3.05, 3.63) is 71.5 Å². The minimum Gasteiger partial charge on any atom is -0.326 e. The number of hydrogen-bond donors (Lipinski definition) is 2. The fourth-order valence-electron chi connectivity index (χ4n) is 3.05. The third-order valence-electron chi connectivity index (χ3n) is 4.28. The summed E-state index contributed by atoms with van der Waals surface area (Å²) >= 11 is 0. The SMILES string of the molecule is Cc1cc(C)n(-c2ccc(CCC(=O)Nc3cccc(NS(C)(=O)=O)c3)cc2)n1. The molecule has 0 saturated heterocycles. The van der Waals surface area contributed by atoms with Gasteiger partial charge >= 0.3 is 0 Å². The molecule has 7 nitrogen and oxygen atoms in total. The van der Waals surface area contributed by atoms with Crippen molar-refractivity contribution in [2.75, 3.05) is 16.3 Å². The van der Waals surface area contributed by atoms with Gasteiger partial charge in [-0.3, -0.25) is 9.52 Å². The number of carbonyl (C=O) groups excluding carboxylic acids is 1. The summed E-state index contributed by atoms with van der Waals surface area (Å²) in [5.41, 5.74) is 5.03. The molecule has 152 valence electrons. The maximum atomic E-state index is 12.3. The van der Waals surface area contributed by atoms with E-state index in [-0.39, 0.29) is 5.91 Å². The molecule has 0 aliphatic carbocycles. The predicted molar refractivity (Wildman–Crippen MR) is 115 cm³/mol. The average Bonchev–Trinajstić information content (AvgIpc) is 2.97. The van der Waals surface area contributed by atoms with Gasteiger partial charge in [-0.2, -0.15) is 5.10 Å². The van der Waals surface area contributed by atoms with Crippen LogP contribution in [0.1, 0.15) is 23.4 Å². The Balaban J connectivity index is 1.57. The van der Waals surface area contributed by atoms with Crippen molar-refractivity contribution in [3.8, 4) is 5.69 Å². The van der Waals surface area contributed by atoms with E-state index in [2.05, 4.69) is 15.1 Å². The first-order valence-electron chi connectivity index (χ1n) is 9.20. The molecule has 1 heterocycles. The minimum atomic E-state index is -3.36. The number of sulfonamides is 1. The van der Waals surface area contributed by atoms with Crippen LogP contribution in [0.4, 0.5) is 11.4 Å². The van der Waals surface area contributed by atoms with Crippen molar-refractivity contribution in [3.63, 3.8) is 0 Å². The van der Waals surface area contributed by atoms with E-state index in [4.69, 9.17) is 0 Å². The van der Waals surface area contributed by atoms with Crippen molar-refractivity contribution in [1.82, 2.24) is 9.78 Å². The van der Waals surface area contributed by atoms with Crippen molar-refractivity contribution < 1.29 is 13.2 Å². The summed E-state index contributed by atoms with van der Waals surface area (Å²) in [6.07, 6.45) is 2.01. The molecule has 0 aliphatic heterocycles. The lowest BCUT2D eigenvalue weighted by molar-refractivity contribution is -0.116. The van der Waals surface area contributed by atoms with Gasteiger partial charge in [-0.05, 0) is 62.2 Å². The van der Waals surface area contributed by atoms with Crippen LogP contribution in [0, 0.1) is 13.8 Å². The van der Waals surface area contributed by atoms with Gasteiger partial charge in [0.05, 0.1) is 23.3 Å². The van der Waals surface area contributed by atoms with Gasteiger partial charge in [0.15, 0.2) is 0 Å². The van der Waals surface area contributed by atoms with Crippen LogP contribution in [0.15, 0.2) is 54.6 Å². The summed E-state index contributed by atoms with van der Waals surface area (Å²) in [4.78, 5) is 12.3. The second kappa shape index (κ2) is 8.48. The summed E-state index contributed by atoms with van der Waals surface area (Å²) in [5, 5.41) is 7.27. The fourth-order valence-corrected chi connectivity index (χ4v) is 3.61. The van der Waals surface area contributed by atoms with Gasteiger partial charge in [-0.25, -0.2) is 13.1 Å². The van der Waals surface area contributed by atoms with E-state index < -0.39 is 10.0 Å². The molecule has 8 heteroatoms. The molecular weight excluding hydrogens is 388 g/mol. The molecule has 0 spiro atoms. The molecule has 0 bridgehead atoms. The summed E-state index contributed by atoms with van der Waals surface area (Å²) in [7, 11) is -3.36. The van der Waals surface area contributed by atoms with Crippen molar-refractivity contribution in [1.29, 1.82) is 0 Å². The van der Waals surface area contributed by atoms with Crippen LogP contribution in [0.5, 0.6) is 0 Å². The first-order chi connectivity index (χ1) is 13.7. The summed E-state index contributed by atoms with van der Waals surface area (Å²) < 4.78 is 26.9. The highest BCUT2D eigenvalue weighted by Crippen LogP contribution is 2.17. The molecule has 2 N–H and O–H groups in total. The fraction of sp³-hybridized carbons (Fsp3) is 0.238. The third kappa shape index (κ3) is 5.92. The molecule has 29 heavy (non-hydrogen) atoms. The monoisotopic (exact) mass is 412 g/mol. The van der Waals surface area contributed by atoms with Crippen LogP contribution in [0.2, 0.25) is 0 Å². The lowest BCUT2D eigenvalue weighted by Gasteiger charge is -2.09. The number of rotatable bonds is 7. The van der Waals surface area contributed by atoms with E-state index in [0.29, 0.717) is 24.2 Å². The number of amides is 1. The van der Waals surface area contributed by atoms with Gasteiger partial charge in [0.25, 0.3) is 0 Å². The Bertz CT molecular complexity index is 1120. The Kier molecular flexibility index (Phi) is 6.03. The summed E-state index contributed by atoms with van der Waals surface area (Å²) in [5.74, 6) is -0.135. The third-order valence-corrected chi connectivity index (χ3v) is 4.89. The molecule has 0 atom stereocenters. The quantitative estimate of drug-likeness (QED) is 0.622. The molecule has 0 fully saturated rings. The summed E-state index contributed by atoms with van der Waals surface area (Å²) in [6, 6.07) is 16.6. The van der Waals surface area contributed by atoms with Gasteiger partial charge in [0.2, 0.25) is 15.9 Å². The zero-order chi connectivity index (χ0) is 21.0. The number of aromatic nitrogens is 2. The van der Waals surface area contributed by atoms with Crippen LogP contribution in [-0.2, 0) is 21.2 Å². The van der Waals surface area contributed by atoms with Crippen molar-refractivity contribution >= 4 is 27.3 Å². The molecule has 3 aromatic rings. The Morgan fingerprint density at radius 3 is 2.34 bits per heavy atom. The van der Waals surface area contributed by atoms with Crippen LogP contribution in [-0.4, -0.2) is 30.4 Å². The highest BCUT2D eigenvalue weighted by Gasteiger charge is 2.07. The van der Waals surface area contributed by atoms with Crippen LogP contribution in [0.25, 0.3) is 5.69 Å². The lowest BCUT2D eigenvalue weighted by atomic mass is 10.1. The molecule has 0 aliphatic rings. The largest absolute Gasteiger partial charge is 0.326 e. The Labute approximate surface area is 170 Å². The van der Waals surface area contributed by atoms with Gasteiger partial charge in [0, 0.05) is 17.8 Å². The standard InChI is InChI=1S/C21H24N4O3S/c1-15-13-16(2)25(23-15)20-10-7-17(8-11-20)9-12-21(26)22-18-5-4-6-19(14-18)24-29(3,27)28/h4-8,10-11,13-14,24H,9,12H2,1-3H3,(H,22,26). The summed E-state index contributed by atoms with van der Waals surface area (Å²) in [6.45, 7) is 3.97. The number of hydrogen-bond acceptors (Lipinski definition) is 4. The number of benzene rings is 2. The molecular formula is C21H24N4O3S. The zero-order valence-electron chi connectivity index (χ0n) is 16.6. The van der Waals surface area contributed by atoms with Crippen LogP contribution in [0.3, 0.4) is 0 Å².